The Morgan fingerprint density at radius 2 is 1.89 bits per heavy atom. The minimum atomic E-state index is -0.433. The molecule has 0 bridgehead atoms. The number of nitrogen functional groups attached to an aromatic ring is 1. The van der Waals surface area contributed by atoms with Crippen molar-refractivity contribution in [1.29, 1.82) is 0 Å². The molecule has 0 atom stereocenters. The fourth-order valence-corrected chi connectivity index (χ4v) is 1.79. The number of nitrogens with zero attached hydrogens (tertiary/aromatic N) is 2. The van der Waals surface area contributed by atoms with Crippen molar-refractivity contribution in [2.75, 3.05) is 5.73 Å². The van der Waals surface area contributed by atoms with Gasteiger partial charge in [0, 0.05) is 28.5 Å². The molecule has 2 aromatic carbocycles. The molecule has 0 radical (unpaired) electrons. The molecule has 0 heterocycles. The van der Waals surface area contributed by atoms with E-state index >= 15 is 0 Å². The van der Waals surface area contributed by atoms with Gasteiger partial charge in [0.2, 0.25) is 0 Å². The Kier molecular flexibility index (Phi) is 3.91. The van der Waals surface area contributed by atoms with Crippen molar-refractivity contribution in [3.8, 4) is 0 Å². The van der Waals surface area contributed by atoms with E-state index in [1.54, 1.807) is 36.5 Å². The van der Waals surface area contributed by atoms with Crippen molar-refractivity contribution in [1.82, 2.24) is 0 Å². The second-order valence-corrected chi connectivity index (χ2v) is 4.67. The van der Waals surface area contributed by atoms with Crippen LogP contribution in [-0.4, -0.2) is 11.1 Å². The van der Waals surface area contributed by atoms with Gasteiger partial charge in [-0.1, -0.05) is 0 Å². The van der Waals surface area contributed by atoms with Gasteiger partial charge in [-0.2, -0.15) is 0 Å². The lowest BCUT2D eigenvalue weighted by Crippen LogP contribution is -1.88. The number of anilines is 1. The predicted molar refractivity (Wildman–Crippen MR) is 78.9 cm³/mol. The zero-order valence-electron chi connectivity index (χ0n) is 9.79. The van der Waals surface area contributed by atoms with Gasteiger partial charge in [0.05, 0.1) is 10.6 Å². The number of hydrogen-bond acceptors (Lipinski definition) is 4. The molecule has 5 nitrogen and oxygen atoms in total. The van der Waals surface area contributed by atoms with Gasteiger partial charge in [-0.05, 0) is 51.8 Å². The zero-order chi connectivity index (χ0) is 13.8. The Bertz CT molecular complexity index is 639. The van der Waals surface area contributed by atoms with Gasteiger partial charge in [-0.15, -0.1) is 0 Å². The first-order valence-corrected chi connectivity index (χ1v) is 6.19. The Labute approximate surface area is 118 Å². The van der Waals surface area contributed by atoms with Crippen molar-refractivity contribution >= 4 is 39.2 Å². The summed E-state index contributed by atoms with van der Waals surface area (Å²) in [5, 5.41) is 10.5. The standard InChI is InChI=1S/C13H10BrN3O2/c14-12-7-10(3-6-13(12)15)16-8-9-1-4-11(5-2-9)17(18)19/h1-8H,15H2. The number of nitro groups is 1. The van der Waals surface area contributed by atoms with Crippen LogP contribution >= 0.6 is 15.9 Å². The van der Waals surface area contributed by atoms with Crippen LogP contribution in [0, 0.1) is 10.1 Å². The Morgan fingerprint density at radius 1 is 1.21 bits per heavy atom. The molecular formula is C13H10BrN3O2. The number of aliphatic imine (C=N–C) groups is 1. The number of hydrogen-bond donors (Lipinski definition) is 1. The summed E-state index contributed by atoms with van der Waals surface area (Å²) >= 11 is 3.32. The predicted octanol–water partition coefficient (Wildman–Crippen LogP) is 3.69. The second kappa shape index (κ2) is 5.62. The lowest BCUT2D eigenvalue weighted by atomic mass is 10.2. The van der Waals surface area contributed by atoms with Crippen LogP contribution in [0.1, 0.15) is 5.56 Å². The van der Waals surface area contributed by atoms with E-state index in [4.69, 9.17) is 5.73 Å². The summed E-state index contributed by atoms with van der Waals surface area (Å²) in [4.78, 5) is 14.4. The summed E-state index contributed by atoms with van der Waals surface area (Å²) in [5.74, 6) is 0. The average Bonchev–Trinajstić information content (AvgIpc) is 2.40. The normalized spacial score (nSPS) is 10.8. The van der Waals surface area contributed by atoms with Crippen LogP contribution < -0.4 is 5.73 Å². The van der Waals surface area contributed by atoms with E-state index in [9.17, 15) is 10.1 Å². The van der Waals surface area contributed by atoms with Crippen LogP contribution in [-0.2, 0) is 0 Å². The van der Waals surface area contributed by atoms with Crippen molar-refractivity contribution in [3.63, 3.8) is 0 Å². The molecule has 19 heavy (non-hydrogen) atoms. The molecule has 2 aromatic rings. The Hall–Kier alpha value is -2.21. The maximum Gasteiger partial charge on any atom is 0.269 e. The summed E-state index contributed by atoms with van der Waals surface area (Å²) in [6, 6.07) is 11.5. The van der Waals surface area contributed by atoms with Crippen LogP contribution in [0.25, 0.3) is 0 Å². The van der Waals surface area contributed by atoms with E-state index in [-0.39, 0.29) is 5.69 Å². The minimum Gasteiger partial charge on any atom is -0.398 e. The maximum absolute atomic E-state index is 10.5. The van der Waals surface area contributed by atoms with E-state index in [1.807, 2.05) is 0 Å². The molecule has 96 valence electrons. The summed E-state index contributed by atoms with van der Waals surface area (Å²) in [6.45, 7) is 0. The molecule has 0 aliphatic carbocycles. The van der Waals surface area contributed by atoms with Crippen LogP contribution in [0.5, 0.6) is 0 Å². The van der Waals surface area contributed by atoms with E-state index in [1.165, 1.54) is 12.1 Å². The minimum absolute atomic E-state index is 0.0624. The van der Waals surface area contributed by atoms with E-state index in [0.717, 1.165) is 15.7 Å². The second-order valence-electron chi connectivity index (χ2n) is 3.81. The fraction of sp³-hybridized carbons (Fsp3) is 0. The molecule has 6 heteroatoms. The largest absolute Gasteiger partial charge is 0.398 e. The first-order valence-electron chi connectivity index (χ1n) is 5.40. The van der Waals surface area contributed by atoms with Gasteiger partial charge in [-0.25, -0.2) is 0 Å². The third-order valence-corrected chi connectivity index (χ3v) is 3.14. The highest BCUT2D eigenvalue weighted by molar-refractivity contribution is 9.10. The summed E-state index contributed by atoms with van der Waals surface area (Å²) in [5.41, 5.74) is 7.93. The quantitative estimate of drug-likeness (QED) is 0.405. The molecule has 0 amide bonds. The van der Waals surface area contributed by atoms with Gasteiger partial charge < -0.3 is 5.73 Å². The van der Waals surface area contributed by atoms with Gasteiger partial charge in [0.15, 0.2) is 0 Å². The van der Waals surface area contributed by atoms with Crippen molar-refractivity contribution in [3.05, 3.63) is 62.6 Å². The third-order valence-electron chi connectivity index (χ3n) is 2.45. The van der Waals surface area contributed by atoms with Gasteiger partial charge >= 0.3 is 0 Å². The number of non-ortho nitro benzene ring substituents is 1. The molecule has 0 aliphatic rings. The van der Waals surface area contributed by atoms with Crippen LogP contribution in [0.15, 0.2) is 51.9 Å². The molecule has 0 spiro atoms. The molecule has 0 saturated heterocycles. The van der Waals surface area contributed by atoms with Crippen molar-refractivity contribution in [2.24, 2.45) is 4.99 Å². The molecule has 0 unspecified atom stereocenters. The summed E-state index contributed by atoms with van der Waals surface area (Å²) < 4.78 is 0.783. The highest BCUT2D eigenvalue weighted by Crippen LogP contribution is 2.24. The van der Waals surface area contributed by atoms with E-state index in [2.05, 4.69) is 20.9 Å². The Morgan fingerprint density at radius 3 is 2.47 bits per heavy atom. The monoisotopic (exact) mass is 319 g/mol. The molecule has 0 aromatic heterocycles. The zero-order valence-corrected chi connectivity index (χ0v) is 11.4. The number of nitrogens with two attached hydrogens (primary N) is 1. The third kappa shape index (κ3) is 3.38. The highest BCUT2D eigenvalue weighted by Gasteiger charge is 2.02. The van der Waals surface area contributed by atoms with Crippen molar-refractivity contribution in [2.45, 2.75) is 0 Å². The molecule has 2 rings (SSSR count). The summed E-state index contributed by atoms with van der Waals surface area (Å²) in [7, 11) is 0. The Balaban J connectivity index is 2.17. The van der Waals surface area contributed by atoms with Gasteiger partial charge in [0.25, 0.3) is 5.69 Å². The first-order chi connectivity index (χ1) is 9.06. The van der Waals surface area contributed by atoms with E-state index < -0.39 is 4.92 Å². The topological polar surface area (TPSA) is 81.5 Å². The average molecular weight is 320 g/mol. The summed E-state index contributed by atoms with van der Waals surface area (Å²) in [6.07, 6.45) is 1.64. The number of benzene rings is 2. The maximum atomic E-state index is 10.5. The molecule has 0 saturated carbocycles. The lowest BCUT2D eigenvalue weighted by molar-refractivity contribution is -0.384. The first kappa shape index (κ1) is 13.2. The SMILES string of the molecule is Nc1ccc(N=Cc2ccc([N+](=O)[O-])cc2)cc1Br. The number of nitro benzene ring substituents is 1. The van der Waals surface area contributed by atoms with Gasteiger partial charge in [0.1, 0.15) is 0 Å². The van der Waals surface area contributed by atoms with E-state index in [0.29, 0.717) is 5.69 Å². The molecular weight excluding hydrogens is 310 g/mol. The van der Waals surface area contributed by atoms with Crippen LogP contribution in [0.2, 0.25) is 0 Å². The van der Waals surface area contributed by atoms with Crippen LogP contribution in [0.3, 0.4) is 0 Å². The van der Waals surface area contributed by atoms with Crippen LogP contribution in [0.4, 0.5) is 17.1 Å². The molecule has 0 aliphatic heterocycles. The molecule has 0 fully saturated rings. The lowest BCUT2D eigenvalue weighted by Gasteiger charge is -1.99. The highest BCUT2D eigenvalue weighted by atomic mass is 79.9. The van der Waals surface area contributed by atoms with Crippen molar-refractivity contribution < 1.29 is 4.92 Å². The fourth-order valence-electron chi connectivity index (χ4n) is 1.43. The molecule has 2 N–H and O–H groups in total. The van der Waals surface area contributed by atoms with Gasteiger partial charge in [-0.3, -0.25) is 15.1 Å². The number of rotatable bonds is 3. The number of halogens is 1. The smallest absolute Gasteiger partial charge is 0.269 e.